The summed E-state index contributed by atoms with van der Waals surface area (Å²) in [5.41, 5.74) is 1.29. The van der Waals surface area contributed by atoms with Gasteiger partial charge in [-0.25, -0.2) is 0 Å². The highest BCUT2D eigenvalue weighted by Gasteiger charge is 2.25. The molecule has 0 bridgehead atoms. The Kier molecular flexibility index (Phi) is 8.54. The molecule has 8 heteroatoms. The number of pyridine rings is 1. The summed E-state index contributed by atoms with van der Waals surface area (Å²) in [7, 11) is 3.19. The number of aromatic nitrogens is 1. The third-order valence-electron chi connectivity index (χ3n) is 5.74. The summed E-state index contributed by atoms with van der Waals surface area (Å²) in [4.78, 5) is 18.0. The van der Waals surface area contributed by atoms with Crippen LogP contribution in [0.4, 0.5) is 0 Å². The predicted octanol–water partition coefficient (Wildman–Crippen LogP) is 3.59. The molecular formula is C23H33N3O4S. The Balaban J connectivity index is 1.81. The first-order valence-electron chi connectivity index (χ1n) is 11.0. The van der Waals surface area contributed by atoms with Gasteiger partial charge in [0.1, 0.15) is 0 Å². The Morgan fingerprint density at radius 3 is 2.58 bits per heavy atom. The summed E-state index contributed by atoms with van der Waals surface area (Å²) >= 11 is 5.73. The summed E-state index contributed by atoms with van der Waals surface area (Å²) in [5.74, 6) is 1.22. The molecule has 1 aliphatic rings. The van der Waals surface area contributed by atoms with E-state index in [1.165, 1.54) is 12.8 Å². The van der Waals surface area contributed by atoms with Crippen LogP contribution in [0.1, 0.15) is 44.6 Å². The number of methoxy groups -OCH3 is 2. The zero-order valence-corrected chi connectivity index (χ0v) is 19.5. The van der Waals surface area contributed by atoms with Gasteiger partial charge in [0, 0.05) is 42.8 Å². The fourth-order valence-electron chi connectivity index (χ4n) is 4.08. The number of nitrogens with zero attached hydrogens (tertiary/aromatic N) is 1. The molecule has 0 unspecified atom stereocenters. The Hall–Kier alpha value is -2.32. The maximum atomic E-state index is 12.9. The minimum absolute atomic E-state index is 0.109. The van der Waals surface area contributed by atoms with Crippen molar-refractivity contribution in [3.63, 3.8) is 0 Å². The minimum Gasteiger partial charge on any atom is -0.493 e. The van der Waals surface area contributed by atoms with Gasteiger partial charge in [-0.05, 0) is 50.5 Å². The Morgan fingerprint density at radius 1 is 1.19 bits per heavy atom. The Bertz CT molecular complexity index is 940. The lowest BCUT2D eigenvalue weighted by atomic mass is 10.1. The Labute approximate surface area is 189 Å². The van der Waals surface area contributed by atoms with Crippen molar-refractivity contribution in [3.05, 3.63) is 34.1 Å². The van der Waals surface area contributed by atoms with Crippen LogP contribution in [0.2, 0.25) is 0 Å². The lowest BCUT2D eigenvalue weighted by molar-refractivity contribution is 0.145. The molecule has 2 aromatic rings. The highest BCUT2D eigenvalue weighted by atomic mass is 32.1. The van der Waals surface area contributed by atoms with Gasteiger partial charge in [-0.1, -0.05) is 12.8 Å². The number of ether oxygens (including phenoxy) is 3. The first kappa shape index (κ1) is 23.3. The summed E-state index contributed by atoms with van der Waals surface area (Å²) < 4.78 is 16.2. The van der Waals surface area contributed by atoms with Gasteiger partial charge in [-0.15, -0.1) is 0 Å². The lowest BCUT2D eigenvalue weighted by Crippen LogP contribution is -2.45. The molecule has 2 N–H and O–H groups in total. The molecule has 7 nitrogen and oxygen atoms in total. The molecule has 1 fully saturated rings. The normalized spacial score (nSPS) is 14.0. The van der Waals surface area contributed by atoms with Crippen LogP contribution in [0.25, 0.3) is 10.9 Å². The van der Waals surface area contributed by atoms with Gasteiger partial charge in [-0.2, -0.15) is 0 Å². The summed E-state index contributed by atoms with van der Waals surface area (Å²) in [6, 6.07) is 5.96. The number of aromatic amines is 1. The maximum absolute atomic E-state index is 12.9. The molecule has 0 spiro atoms. The fraction of sp³-hybridized carbons (Fsp3) is 0.565. The molecule has 0 aliphatic heterocycles. The number of fused-ring (bicyclic) bond motifs is 1. The van der Waals surface area contributed by atoms with Crippen molar-refractivity contribution in [2.45, 2.75) is 51.6 Å². The molecule has 0 amide bonds. The van der Waals surface area contributed by atoms with Gasteiger partial charge in [0.05, 0.1) is 26.3 Å². The van der Waals surface area contributed by atoms with Crippen molar-refractivity contribution < 1.29 is 14.2 Å². The van der Waals surface area contributed by atoms with Crippen molar-refractivity contribution in [1.82, 2.24) is 15.2 Å². The average molecular weight is 448 g/mol. The van der Waals surface area contributed by atoms with Gasteiger partial charge in [0.2, 0.25) is 0 Å². The Morgan fingerprint density at radius 2 is 1.90 bits per heavy atom. The van der Waals surface area contributed by atoms with Crippen molar-refractivity contribution in [1.29, 1.82) is 0 Å². The van der Waals surface area contributed by atoms with E-state index in [2.05, 4.69) is 15.2 Å². The van der Waals surface area contributed by atoms with Crippen LogP contribution in [-0.2, 0) is 11.3 Å². The SMILES string of the molecule is CCOCCCNC(=S)N(Cc1cc2cc(OC)c(OC)cc2[nH]c1=O)C1CCCC1. The van der Waals surface area contributed by atoms with Gasteiger partial charge >= 0.3 is 0 Å². The van der Waals surface area contributed by atoms with Crippen LogP contribution in [0.3, 0.4) is 0 Å². The van der Waals surface area contributed by atoms with E-state index in [1.54, 1.807) is 20.3 Å². The summed E-state index contributed by atoms with van der Waals surface area (Å²) in [6.07, 6.45) is 5.47. The van der Waals surface area contributed by atoms with Crippen LogP contribution >= 0.6 is 12.2 Å². The standard InChI is InChI=1S/C23H33N3O4S/c1-4-30-11-7-10-24-23(31)26(18-8-5-6-9-18)15-17-12-16-13-20(28-2)21(29-3)14-19(16)25-22(17)27/h12-14,18H,4-11,15H2,1-3H3,(H,24,31)(H,25,27). The number of nitrogens with one attached hydrogen (secondary N) is 2. The molecule has 1 aliphatic carbocycles. The van der Waals surface area contributed by atoms with E-state index >= 15 is 0 Å². The van der Waals surface area contributed by atoms with Gasteiger partial charge < -0.3 is 29.4 Å². The molecule has 0 radical (unpaired) electrons. The number of H-pyrrole nitrogens is 1. The molecule has 3 rings (SSSR count). The van der Waals surface area contributed by atoms with E-state index in [1.807, 2.05) is 19.1 Å². The van der Waals surface area contributed by atoms with Crippen LogP contribution in [0, 0.1) is 0 Å². The number of thiocarbonyl (C=S) groups is 1. The zero-order valence-electron chi connectivity index (χ0n) is 18.7. The smallest absolute Gasteiger partial charge is 0.253 e. The monoisotopic (exact) mass is 447 g/mol. The first-order chi connectivity index (χ1) is 15.1. The second-order valence-corrected chi connectivity index (χ2v) is 8.15. The van der Waals surface area contributed by atoms with E-state index in [9.17, 15) is 4.79 Å². The van der Waals surface area contributed by atoms with Crippen molar-refractivity contribution in [2.24, 2.45) is 0 Å². The average Bonchev–Trinajstić information content (AvgIpc) is 3.31. The number of rotatable bonds is 10. The van der Waals surface area contributed by atoms with E-state index in [-0.39, 0.29) is 5.56 Å². The molecular weight excluding hydrogens is 414 g/mol. The fourth-order valence-corrected chi connectivity index (χ4v) is 4.39. The highest BCUT2D eigenvalue weighted by Crippen LogP contribution is 2.31. The van der Waals surface area contributed by atoms with E-state index in [0.29, 0.717) is 41.4 Å². The van der Waals surface area contributed by atoms with Crippen molar-refractivity contribution in [3.8, 4) is 11.5 Å². The van der Waals surface area contributed by atoms with Crippen LogP contribution in [0.5, 0.6) is 11.5 Å². The molecule has 1 saturated carbocycles. The van der Waals surface area contributed by atoms with Gasteiger partial charge in [-0.3, -0.25) is 4.79 Å². The molecule has 0 saturated heterocycles. The van der Waals surface area contributed by atoms with Gasteiger partial charge in [0.25, 0.3) is 5.56 Å². The van der Waals surface area contributed by atoms with Crippen molar-refractivity contribution >= 4 is 28.2 Å². The number of benzene rings is 1. The zero-order chi connectivity index (χ0) is 22.2. The van der Waals surface area contributed by atoms with Gasteiger partial charge in [0.15, 0.2) is 16.6 Å². The molecule has 1 aromatic heterocycles. The third kappa shape index (κ3) is 5.89. The van der Waals surface area contributed by atoms with Crippen molar-refractivity contribution in [2.75, 3.05) is 34.0 Å². The first-order valence-corrected chi connectivity index (χ1v) is 11.4. The minimum atomic E-state index is -0.109. The number of hydrogen-bond donors (Lipinski definition) is 2. The lowest BCUT2D eigenvalue weighted by Gasteiger charge is -2.31. The quantitative estimate of drug-likeness (QED) is 0.426. The maximum Gasteiger partial charge on any atom is 0.253 e. The highest BCUT2D eigenvalue weighted by molar-refractivity contribution is 7.80. The second-order valence-electron chi connectivity index (χ2n) is 7.77. The largest absolute Gasteiger partial charge is 0.493 e. The molecule has 1 heterocycles. The van der Waals surface area contributed by atoms with E-state index < -0.39 is 0 Å². The van der Waals surface area contributed by atoms with Crippen LogP contribution in [-0.4, -0.2) is 55.0 Å². The summed E-state index contributed by atoms with van der Waals surface area (Å²) in [6.45, 7) is 4.66. The molecule has 31 heavy (non-hydrogen) atoms. The van der Waals surface area contributed by atoms with E-state index in [4.69, 9.17) is 26.4 Å². The van der Waals surface area contributed by atoms with Crippen LogP contribution in [0.15, 0.2) is 23.0 Å². The molecule has 170 valence electrons. The number of hydrogen-bond acceptors (Lipinski definition) is 5. The van der Waals surface area contributed by atoms with Crippen LogP contribution < -0.4 is 20.3 Å². The molecule has 1 aromatic carbocycles. The topological polar surface area (TPSA) is 75.8 Å². The van der Waals surface area contributed by atoms with E-state index in [0.717, 1.165) is 43.3 Å². The predicted molar refractivity (Wildman–Crippen MR) is 127 cm³/mol. The summed E-state index contributed by atoms with van der Waals surface area (Å²) in [5, 5.41) is 4.96. The second kappa shape index (κ2) is 11.3. The third-order valence-corrected chi connectivity index (χ3v) is 6.12. The molecule has 0 atom stereocenters.